The maximum Gasteiger partial charge on any atom is 0.333 e. The number of carbonyl (C=O) groups is 1. The van der Waals surface area contributed by atoms with E-state index in [1.807, 2.05) is 20.8 Å². The Morgan fingerprint density at radius 1 is 1.43 bits per heavy atom. The van der Waals surface area contributed by atoms with Crippen LogP contribution in [0, 0.1) is 11.3 Å². The number of carbonyl (C=O) groups excluding carboxylic acids is 1. The summed E-state index contributed by atoms with van der Waals surface area (Å²) < 4.78 is 5.84. The molecule has 23 heavy (non-hydrogen) atoms. The van der Waals surface area contributed by atoms with Crippen molar-refractivity contribution >= 4 is 5.97 Å². The van der Waals surface area contributed by atoms with E-state index in [0.717, 1.165) is 18.4 Å². The molecule has 1 fully saturated rings. The monoisotopic (exact) mass is 318 g/mol. The van der Waals surface area contributed by atoms with E-state index in [-0.39, 0.29) is 23.4 Å². The summed E-state index contributed by atoms with van der Waals surface area (Å²) in [6.45, 7) is 13.8. The van der Waals surface area contributed by atoms with Crippen molar-refractivity contribution in [3.8, 4) is 0 Å². The second-order valence-electron chi connectivity index (χ2n) is 7.74. The van der Waals surface area contributed by atoms with Crippen LogP contribution in [0.15, 0.2) is 35.5 Å². The van der Waals surface area contributed by atoms with E-state index >= 15 is 0 Å². The quantitative estimate of drug-likeness (QED) is 0.622. The van der Waals surface area contributed by atoms with E-state index in [4.69, 9.17) is 4.74 Å². The second-order valence-corrected chi connectivity index (χ2v) is 7.74. The highest BCUT2D eigenvalue weighted by Crippen LogP contribution is 2.55. The van der Waals surface area contributed by atoms with E-state index in [0.29, 0.717) is 18.4 Å². The molecular weight excluding hydrogens is 288 g/mol. The van der Waals surface area contributed by atoms with E-state index < -0.39 is 5.60 Å². The molecule has 2 rings (SSSR count). The average Bonchev–Trinajstić information content (AvgIpc) is 2.49. The van der Waals surface area contributed by atoms with Gasteiger partial charge in [-0.1, -0.05) is 31.2 Å². The minimum atomic E-state index is -0.734. The van der Waals surface area contributed by atoms with Crippen LogP contribution in [0.2, 0.25) is 0 Å². The van der Waals surface area contributed by atoms with Gasteiger partial charge in [0, 0.05) is 16.9 Å². The molecule has 0 aromatic heterocycles. The molecule has 0 aromatic carbocycles. The summed E-state index contributed by atoms with van der Waals surface area (Å²) in [6.07, 6.45) is 6.81. The lowest BCUT2D eigenvalue weighted by Gasteiger charge is -2.55. The number of rotatable bonds is 3. The number of aliphatic hydroxyl groups is 1. The Labute approximate surface area is 140 Å². The third-order valence-electron chi connectivity index (χ3n) is 5.96. The zero-order valence-corrected chi connectivity index (χ0v) is 15.1. The predicted molar refractivity (Wildman–Crippen MR) is 92.9 cm³/mol. The SMILES string of the molecule is C=C(C)C1=CC[C@]2(C)[C@@H](C1)[C@@](C)(O)CC[C@H]2OC(=O)/C(C)=C\C. The Bertz CT molecular complexity index is 567. The Morgan fingerprint density at radius 3 is 2.65 bits per heavy atom. The summed E-state index contributed by atoms with van der Waals surface area (Å²) in [4.78, 5) is 12.2. The van der Waals surface area contributed by atoms with Gasteiger partial charge in [-0.05, 0) is 59.0 Å². The van der Waals surface area contributed by atoms with E-state index in [2.05, 4.69) is 19.6 Å². The maximum absolute atomic E-state index is 12.2. The van der Waals surface area contributed by atoms with Gasteiger partial charge < -0.3 is 9.84 Å². The number of fused-ring (bicyclic) bond motifs is 1. The number of hydrogen-bond donors (Lipinski definition) is 1. The van der Waals surface area contributed by atoms with Gasteiger partial charge in [-0.15, -0.1) is 0 Å². The summed E-state index contributed by atoms with van der Waals surface area (Å²) in [7, 11) is 0. The standard InChI is InChI=1S/C20H30O3/c1-7-14(4)18(21)23-17-9-11-20(6,22)16-12-15(13(2)3)8-10-19(16,17)5/h7-8,16-17,22H,2,9-12H2,1,3-6H3/b14-7-/t16-,17-,19-,20+/m1/s1. The van der Waals surface area contributed by atoms with Crippen LogP contribution in [0.3, 0.4) is 0 Å². The van der Waals surface area contributed by atoms with Crippen LogP contribution in [0.5, 0.6) is 0 Å². The molecule has 0 amide bonds. The first kappa shape index (κ1) is 18.0. The van der Waals surface area contributed by atoms with Crippen molar-refractivity contribution in [1.82, 2.24) is 0 Å². The van der Waals surface area contributed by atoms with Crippen LogP contribution in [-0.2, 0) is 9.53 Å². The molecule has 2 aliphatic carbocycles. The Balaban J connectivity index is 2.31. The Hall–Kier alpha value is -1.35. The molecule has 1 N–H and O–H groups in total. The summed E-state index contributed by atoms with van der Waals surface area (Å²) >= 11 is 0. The number of esters is 1. The molecule has 0 heterocycles. The van der Waals surface area contributed by atoms with E-state index in [1.54, 1.807) is 13.0 Å². The first-order valence-electron chi connectivity index (χ1n) is 8.53. The zero-order valence-electron chi connectivity index (χ0n) is 15.1. The lowest BCUT2D eigenvalue weighted by molar-refractivity contribution is -0.182. The number of allylic oxidation sites excluding steroid dienone is 4. The molecule has 0 radical (unpaired) electrons. The van der Waals surface area contributed by atoms with Crippen molar-refractivity contribution in [1.29, 1.82) is 0 Å². The zero-order chi connectivity index (χ0) is 17.4. The molecule has 0 spiro atoms. The Morgan fingerprint density at radius 2 is 2.09 bits per heavy atom. The van der Waals surface area contributed by atoms with Gasteiger partial charge in [-0.2, -0.15) is 0 Å². The minimum Gasteiger partial charge on any atom is -0.458 e. The summed E-state index contributed by atoms with van der Waals surface area (Å²) in [5, 5.41) is 10.9. The molecule has 2 aliphatic rings. The van der Waals surface area contributed by atoms with Gasteiger partial charge in [-0.25, -0.2) is 4.79 Å². The van der Waals surface area contributed by atoms with Gasteiger partial charge in [0.2, 0.25) is 0 Å². The molecule has 0 saturated heterocycles. The molecular formula is C20H30O3. The molecule has 128 valence electrons. The third-order valence-corrected chi connectivity index (χ3v) is 5.96. The normalized spacial score (nSPS) is 37.7. The second kappa shape index (κ2) is 6.27. The fourth-order valence-electron chi connectivity index (χ4n) is 4.12. The average molecular weight is 318 g/mol. The molecule has 0 unspecified atom stereocenters. The molecule has 3 nitrogen and oxygen atoms in total. The van der Waals surface area contributed by atoms with Gasteiger partial charge in [0.15, 0.2) is 0 Å². The van der Waals surface area contributed by atoms with Crippen LogP contribution in [0.1, 0.15) is 60.3 Å². The highest BCUT2D eigenvalue weighted by atomic mass is 16.5. The van der Waals surface area contributed by atoms with Gasteiger partial charge in [-0.3, -0.25) is 0 Å². The van der Waals surface area contributed by atoms with E-state index in [9.17, 15) is 9.90 Å². The van der Waals surface area contributed by atoms with Crippen LogP contribution >= 0.6 is 0 Å². The molecule has 4 atom stereocenters. The Kier molecular flexibility index (Phi) is 4.91. The molecule has 0 aromatic rings. The highest BCUT2D eigenvalue weighted by Gasteiger charge is 2.55. The lowest BCUT2D eigenvalue weighted by atomic mass is 9.54. The first-order valence-corrected chi connectivity index (χ1v) is 8.53. The van der Waals surface area contributed by atoms with Crippen molar-refractivity contribution in [3.05, 3.63) is 35.5 Å². The molecule has 1 saturated carbocycles. The summed E-state index contributed by atoms with van der Waals surface area (Å²) in [5.41, 5.74) is 1.96. The van der Waals surface area contributed by atoms with Crippen molar-refractivity contribution < 1.29 is 14.6 Å². The van der Waals surface area contributed by atoms with Crippen LogP contribution in [-0.4, -0.2) is 22.8 Å². The van der Waals surface area contributed by atoms with Gasteiger partial charge >= 0.3 is 5.97 Å². The summed E-state index contributed by atoms with van der Waals surface area (Å²) in [5.74, 6) is -0.169. The topological polar surface area (TPSA) is 46.5 Å². The molecule has 3 heteroatoms. The van der Waals surface area contributed by atoms with Crippen LogP contribution in [0.25, 0.3) is 0 Å². The van der Waals surface area contributed by atoms with Gasteiger partial charge in [0.25, 0.3) is 0 Å². The summed E-state index contributed by atoms with van der Waals surface area (Å²) in [6, 6.07) is 0. The predicted octanol–water partition coefficient (Wildman–Crippen LogP) is 4.33. The molecule has 0 aliphatic heterocycles. The maximum atomic E-state index is 12.2. The highest BCUT2D eigenvalue weighted by molar-refractivity contribution is 5.87. The number of ether oxygens (including phenoxy) is 1. The third kappa shape index (κ3) is 3.30. The van der Waals surface area contributed by atoms with Crippen LogP contribution < -0.4 is 0 Å². The number of hydrogen-bond acceptors (Lipinski definition) is 3. The first-order chi connectivity index (χ1) is 10.6. The van der Waals surface area contributed by atoms with Crippen molar-refractivity contribution in [2.75, 3.05) is 0 Å². The van der Waals surface area contributed by atoms with Crippen molar-refractivity contribution in [2.24, 2.45) is 11.3 Å². The van der Waals surface area contributed by atoms with Crippen molar-refractivity contribution in [3.63, 3.8) is 0 Å². The largest absolute Gasteiger partial charge is 0.458 e. The van der Waals surface area contributed by atoms with Gasteiger partial charge in [0.05, 0.1) is 5.60 Å². The van der Waals surface area contributed by atoms with E-state index in [1.165, 1.54) is 5.57 Å². The van der Waals surface area contributed by atoms with Crippen molar-refractivity contribution in [2.45, 2.75) is 72.0 Å². The van der Waals surface area contributed by atoms with Gasteiger partial charge in [0.1, 0.15) is 6.10 Å². The fraction of sp³-hybridized carbons (Fsp3) is 0.650. The lowest BCUT2D eigenvalue weighted by Crippen LogP contribution is -2.57. The smallest absolute Gasteiger partial charge is 0.333 e. The fourth-order valence-corrected chi connectivity index (χ4v) is 4.12. The minimum absolute atomic E-state index is 0.0733. The van der Waals surface area contributed by atoms with Crippen LogP contribution in [0.4, 0.5) is 0 Å². The molecule has 0 bridgehead atoms.